The van der Waals surface area contributed by atoms with E-state index in [0.717, 1.165) is 0 Å². The molecule has 0 bridgehead atoms. The minimum Gasteiger partial charge on any atom is -0.496 e. The number of fused-ring (bicyclic) bond motifs is 1. The molecule has 4 nitrogen and oxygen atoms in total. The molecule has 84 valence electrons. The molecule has 0 saturated carbocycles. The first-order chi connectivity index (χ1) is 8.06. The van der Waals surface area contributed by atoms with Crippen LogP contribution in [0.25, 0.3) is 10.9 Å². The SMILES string of the molecule is [B]c1ccc(OC)c2c(C(=O)C(C)=O)c[nH]c12. The lowest BCUT2D eigenvalue weighted by Gasteiger charge is -2.05. The van der Waals surface area contributed by atoms with E-state index >= 15 is 0 Å². The minimum absolute atomic E-state index is 0.289. The number of ether oxygens (including phenoxy) is 1. The molecule has 2 radical (unpaired) electrons. The number of hydrogen-bond acceptors (Lipinski definition) is 3. The van der Waals surface area contributed by atoms with Gasteiger partial charge in [-0.2, -0.15) is 0 Å². The van der Waals surface area contributed by atoms with Gasteiger partial charge in [-0.3, -0.25) is 9.59 Å². The molecule has 1 aromatic carbocycles. The van der Waals surface area contributed by atoms with Crippen LogP contribution < -0.4 is 10.2 Å². The summed E-state index contributed by atoms with van der Waals surface area (Å²) in [6, 6.07) is 3.35. The van der Waals surface area contributed by atoms with Crippen molar-refractivity contribution in [3.63, 3.8) is 0 Å². The number of nitrogens with one attached hydrogen (secondary N) is 1. The molecule has 0 aliphatic heterocycles. The van der Waals surface area contributed by atoms with Gasteiger partial charge in [-0.1, -0.05) is 11.5 Å². The molecule has 0 amide bonds. The number of carbonyl (C=O) groups is 2. The number of hydrogen-bond donors (Lipinski definition) is 1. The fourth-order valence-corrected chi connectivity index (χ4v) is 1.78. The maximum Gasteiger partial charge on any atom is 0.230 e. The standard InChI is InChI=1S/C12H10BNO3/c1-6(15)12(16)7-5-14-11-8(13)3-4-9(17-2)10(7)11/h3-5,14H,1-2H3. The van der Waals surface area contributed by atoms with Crippen molar-refractivity contribution in [3.8, 4) is 5.75 Å². The van der Waals surface area contributed by atoms with Crippen molar-refractivity contribution in [1.82, 2.24) is 4.98 Å². The van der Waals surface area contributed by atoms with Crippen molar-refractivity contribution in [2.75, 3.05) is 7.11 Å². The second-order valence-electron chi connectivity index (χ2n) is 3.69. The number of aromatic nitrogens is 1. The Balaban J connectivity index is 2.78. The Hall–Kier alpha value is -2.04. The lowest BCUT2D eigenvalue weighted by atomic mass is 9.92. The first-order valence-corrected chi connectivity index (χ1v) is 5.05. The Morgan fingerprint density at radius 2 is 2.06 bits per heavy atom. The van der Waals surface area contributed by atoms with E-state index in [1.807, 2.05) is 0 Å². The first-order valence-electron chi connectivity index (χ1n) is 5.05. The minimum atomic E-state index is -0.555. The number of benzene rings is 1. The highest BCUT2D eigenvalue weighted by Gasteiger charge is 2.19. The van der Waals surface area contributed by atoms with Gasteiger partial charge in [0.1, 0.15) is 13.6 Å². The van der Waals surface area contributed by atoms with Gasteiger partial charge in [-0.05, 0) is 6.07 Å². The number of H-pyrrole nitrogens is 1. The quantitative estimate of drug-likeness (QED) is 0.478. The highest BCUT2D eigenvalue weighted by atomic mass is 16.5. The van der Waals surface area contributed by atoms with Gasteiger partial charge in [0.05, 0.1) is 18.1 Å². The molecule has 0 fully saturated rings. The van der Waals surface area contributed by atoms with E-state index in [1.54, 1.807) is 12.1 Å². The maximum atomic E-state index is 11.7. The van der Waals surface area contributed by atoms with E-state index in [2.05, 4.69) is 4.98 Å². The molecule has 5 heteroatoms. The van der Waals surface area contributed by atoms with E-state index in [-0.39, 0.29) is 5.56 Å². The van der Waals surface area contributed by atoms with Crippen molar-refractivity contribution in [1.29, 1.82) is 0 Å². The van der Waals surface area contributed by atoms with Gasteiger partial charge >= 0.3 is 0 Å². The number of methoxy groups -OCH3 is 1. The van der Waals surface area contributed by atoms with Gasteiger partial charge in [0.15, 0.2) is 5.78 Å². The first kappa shape index (κ1) is 11.5. The maximum absolute atomic E-state index is 11.7. The molecule has 1 aromatic heterocycles. The summed E-state index contributed by atoms with van der Waals surface area (Å²) in [6.45, 7) is 1.24. The largest absolute Gasteiger partial charge is 0.496 e. The highest BCUT2D eigenvalue weighted by Crippen LogP contribution is 2.27. The Labute approximate surface area is 99.4 Å². The Morgan fingerprint density at radius 1 is 1.35 bits per heavy atom. The van der Waals surface area contributed by atoms with E-state index < -0.39 is 11.6 Å². The summed E-state index contributed by atoms with van der Waals surface area (Å²) in [5, 5.41) is 0.549. The summed E-state index contributed by atoms with van der Waals surface area (Å²) in [4.78, 5) is 25.8. The van der Waals surface area contributed by atoms with Crippen LogP contribution in [0.3, 0.4) is 0 Å². The summed E-state index contributed by atoms with van der Waals surface area (Å²) in [5.41, 5.74) is 1.40. The van der Waals surface area contributed by atoms with Crippen LogP contribution in [0.15, 0.2) is 18.3 Å². The van der Waals surface area contributed by atoms with Crippen molar-refractivity contribution < 1.29 is 14.3 Å². The molecule has 0 spiro atoms. The van der Waals surface area contributed by atoms with Crippen molar-refractivity contribution in [3.05, 3.63) is 23.9 Å². The smallest absolute Gasteiger partial charge is 0.230 e. The van der Waals surface area contributed by atoms with Gasteiger partial charge < -0.3 is 9.72 Å². The zero-order chi connectivity index (χ0) is 12.6. The van der Waals surface area contributed by atoms with Crippen LogP contribution in [0, 0.1) is 0 Å². The predicted molar refractivity (Wildman–Crippen MR) is 65.3 cm³/mol. The van der Waals surface area contributed by atoms with Crippen LogP contribution in [-0.2, 0) is 4.79 Å². The molecule has 1 heterocycles. The molecule has 0 unspecified atom stereocenters. The average molecular weight is 227 g/mol. The summed E-state index contributed by atoms with van der Waals surface area (Å²) >= 11 is 0. The zero-order valence-electron chi connectivity index (χ0n) is 9.53. The normalized spacial score (nSPS) is 10.5. The fourth-order valence-electron chi connectivity index (χ4n) is 1.78. The topological polar surface area (TPSA) is 59.2 Å². The number of ketones is 2. The molecule has 0 aliphatic carbocycles. The van der Waals surface area contributed by atoms with Crippen LogP contribution in [0.5, 0.6) is 5.75 Å². The second kappa shape index (κ2) is 4.09. The van der Waals surface area contributed by atoms with E-state index in [0.29, 0.717) is 22.1 Å². The summed E-state index contributed by atoms with van der Waals surface area (Å²) in [7, 11) is 7.29. The Kier molecular flexibility index (Phi) is 2.75. The summed E-state index contributed by atoms with van der Waals surface area (Å²) in [6.07, 6.45) is 1.48. The zero-order valence-corrected chi connectivity index (χ0v) is 9.53. The number of Topliss-reactive ketones (excluding diaryl/α,β-unsaturated/α-hetero) is 2. The van der Waals surface area contributed by atoms with Crippen LogP contribution in [0.1, 0.15) is 17.3 Å². The number of aromatic amines is 1. The molecule has 0 aliphatic rings. The van der Waals surface area contributed by atoms with Gasteiger partial charge in [0.2, 0.25) is 5.78 Å². The van der Waals surface area contributed by atoms with Crippen LogP contribution in [-0.4, -0.2) is 31.5 Å². The van der Waals surface area contributed by atoms with Gasteiger partial charge in [0.25, 0.3) is 0 Å². The lowest BCUT2D eigenvalue weighted by molar-refractivity contribution is -0.113. The predicted octanol–water partition coefficient (Wildman–Crippen LogP) is 0.742. The highest BCUT2D eigenvalue weighted by molar-refractivity contribution is 6.46. The van der Waals surface area contributed by atoms with Crippen molar-refractivity contribution >= 4 is 35.8 Å². The fraction of sp³-hybridized carbons (Fsp3) is 0.167. The van der Waals surface area contributed by atoms with E-state index in [4.69, 9.17) is 12.6 Å². The van der Waals surface area contributed by atoms with E-state index in [1.165, 1.54) is 20.2 Å². The third kappa shape index (κ3) is 1.73. The van der Waals surface area contributed by atoms with Gasteiger partial charge in [-0.15, -0.1) is 0 Å². The van der Waals surface area contributed by atoms with E-state index in [9.17, 15) is 9.59 Å². The third-order valence-corrected chi connectivity index (χ3v) is 2.61. The molecule has 2 rings (SSSR count). The molecule has 0 saturated heterocycles. The number of carbonyl (C=O) groups excluding carboxylic acids is 2. The molecule has 2 aromatic rings. The molecular formula is C12H10BNO3. The molecule has 1 N–H and O–H groups in total. The van der Waals surface area contributed by atoms with Crippen LogP contribution >= 0.6 is 0 Å². The monoisotopic (exact) mass is 227 g/mol. The van der Waals surface area contributed by atoms with Crippen LogP contribution in [0.4, 0.5) is 0 Å². The Bertz CT molecular complexity index is 615. The summed E-state index contributed by atoms with van der Waals surface area (Å²) in [5.74, 6) is -0.560. The third-order valence-electron chi connectivity index (χ3n) is 2.61. The van der Waals surface area contributed by atoms with Crippen LogP contribution in [0.2, 0.25) is 0 Å². The average Bonchev–Trinajstić information content (AvgIpc) is 2.74. The van der Waals surface area contributed by atoms with Crippen molar-refractivity contribution in [2.24, 2.45) is 0 Å². The summed E-state index contributed by atoms with van der Waals surface area (Å²) < 4.78 is 5.17. The Morgan fingerprint density at radius 3 is 2.65 bits per heavy atom. The lowest BCUT2D eigenvalue weighted by Crippen LogP contribution is -2.10. The molecular weight excluding hydrogens is 217 g/mol. The van der Waals surface area contributed by atoms with Crippen molar-refractivity contribution in [2.45, 2.75) is 6.92 Å². The molecule has 0 atom stereocenters. The number of rotatable bonds is 3. The van der Waals surface area contributed by atoms with Gasteiger partial charge in [0, 0.05) is 18.6 Å². The second-order valence-corrected chi connectivity index (χ2v) is 3.69. The molecule has 17 heavy (non-hydrogen) atoms. The van der Waals surface area contributed by atoms with Gasteiger partial charge in [-0.25, -0.2) is 0 Å².